The molecule has 3 rings (SSSR count). The molecule has 2 N–H and O–H groups in total. The molecule has 0 fully saturated rings. The van der Waals surface area contributed by atoms with Crippen molar-refractivity contribution >= 4 is 23.6 Å². The van der Waals surface area contributed by atoms with Gasteiger partial charge >= 0.3 is 0 Å². The molecule has 5 heteroatoms. The van der Waals surface area contributed by atoms with Crippen LogP contribution in [-0.2, 0) is 0 Å². The van der Waals surface area contributed by atoms with Crippen LogP contribution in [0, 0.1) is 6.92 Å². The first-order valence-corrected chi connectivity index (χ1v) is 7.69. The summed E-state index contributed by atoms with van der Waals surface area (Å²) in [4.78, 5) is 4.20. The molecule has 0 aliphatic heterocycles. The third-order valence-electron chi connectivity index (χ3n) is 4.11. The Morgan fingerprint density at radius 3 is 2.52 bits per heavy atom. The lowest BCUT2D eigenvalue weighted by atomic mass is 10.0. The lowest BCUT2D eigenvalue weighted by molar-refractivity contribution is 0.402. The molecule has 5 nitrogen and oxygen atoms in total. The third kappa shape index (κ3) is 2.85. The highest BCUT2D eigenvalue weighted by Gasteiger charge is 2.12. The summed E-state index contributed by atoms with van der Waals surface area (Å²) in [7, 11) is 3.14. The topological polar surface area (TPSA) is 71.8 Å². The van der Waals surface area contributed by atoms with E-state index in [1.54, 1.807) is 50.8 Å². The monoisotopic (exact) mass is 337 g/mol. The number of methoxy groups -OCH3 is 2. The number of aromatic nitrogens is 1. The largest absolute Gasteiger partial charge is 0.507 e. The first kappa shape index (κ1) is 16.6. The predicted octanol–water partition coefficient (Wildman–Crippen LogP) is 2.21. The maximum Gasteiger partial charge on any atom is 0.149 e. The van der Waals surface area contributed by atoms with Crippen LogP contribution in [-0.4, -0.2) is 29.4 Å². The molecule has 0 aliphatic rings. The Hall–Kier alpha value is -3.21. The molecule has 2 aromatic carbocycles. The van der Waals surface area contributed by atoms with E-state index in [2.05, 4.69) is 11.6 Å². The van der Waals surface area contributed by atoms with E-state index in [1.165, 1.54) is 0 Å². The molecule has 0 unspecified atom stereocenters. The van der Waals surface area contributed by atoms with E-state index in [4.69, 9.17) is 9.47 Å². The lowest BCUT2D eigenvalue weighted by Crippen LogP contribution is -2.24. The van der Waals surface area contributed by atoms with Crippen LogP contribution in [0.5, 0.6) is 23.0 Å². The summed E-state index contributed by atoms with van der Waals surface area (Å²) >= 11 is 0. The number of benzene rings is 2. The average Bonchev–Trinajstić information content (AvgIpc) is 2.63. The highest BCUT2D eigenvalue weighted by Crippen LogP contribution is 2.27. The van der Waals surface area contributed by atoms with Gasteiger partial charge in [0, 0.05) is 27.6 Å². The summed E-state index contributed by atoms with van der Waals surface area (Å²) in [6.07, 6.45) is 3.34. The highest BCUT2D eigenvalue weighted by atomic mass is 16.5. The Morgan fingerprint density at radius 1 is 1.08 bits per heavy atom. The molecule has 0 aliphatic carbocycles. The van der Waals surface area contributed by atoms with Gasteiger partial charge in [-0.05, 0) is 42.8 Å². The van der Waals surface area contributed by atoms with E-state index in [1.807, 2.05) is 6.92 Å². The van der Waals surface area contributed by atoms with Gasteiger partial charge in [0.15, 0.2) is 0 Å². The third-order valence-corrected chi connectivity index (χ3v) is 4.11. The summed E-state index contributed by atoms with van der Waals surface area (Å²) in [5, 5.41) is 22.4. The average molecular weight is 337 g/mol. The van der Waals surface area contributed by atoms with Crippen LogP contribution in [0.3, 0.4) is 0 Å². The predicted molar refractivity (Wildman–Crippen MR) is 97.7 cm³/mol. The molecule has 0 saturated heterocycles. The molecule has 3 aromatic rings. The molecule has 0 atom stereocenters. The van der Waals surface area contributed by atoms with Crippen LogP contribution in [0.25, 0.3) is 23.6 Å². The number of fused-ring (bicyclic) bond motifs is 1. The number of hydrogen-bond acceptors (Lipinski definition) is 5. The van der Waals surface area contributed by atoms with Gasteiger partial charge in [-0.1, -0.05) is 6.58 Å². The molecule has 0 spiro atoms. The fourth-order valence-corrected chi connectivity index (χ4v) is 2.76. The normalized spacial score (nSPS) is 11.7. The maximum atomic E-state index is 10.7. The quantitative estimate of drug-likeness (QED) is 0.717. The van der Waals surface area contributed by atoms with Crippen molar-refractivity contribution in [3.63, 3.8) is 0 Å². The van der Waals surface area contributed by atoms with Crippen LogP contribution in [0.4, 0.5) is 0 Å². The van der Waals surface area contributed by atoms with Crippen molar-refractivity contribution in [1.82, 2.24) is 4.98 Å². The number of phenols is 2. The fraction of sp³-hybridized carbons (Fsp3) is 0.150. The molecular weight excluding hydrogens is 318 g/mol. The number of phenolic OH excluding ortho intramolecular Hbond substituents is 2. The minimum absolute atomic E-state index is 0.0128. The minimum atomic E-state index is -0.0547. The molecule has 0 amide bonds. The lowest BCUT2D eigenvalue weighted by Gasteiger charge is -2.09. The number of aromatic hydroxyl groups is 2. The van der Waals surface area contributed by atoms with Gasteiger partial charge in [0.2, 0.25) is 0 Å². The summed E-state index contributed by atoms with van der Waals surface area (Å²) in [6, 6.07) is 7.12. The van der Waals surface area contributed by atoms with Crippen molar-refractivity contribution in [1.29, 1.82) is 0 Å². The molecule has 0 saturated carbocycles. The summed E-state index contributed by atoms with van der Waals surface area (Å²) in [6.45, 7) is 5.76. The second-order valence-corrected chi connectivity index (χ2v) is 5.75. The molecule has 1 aromatic heterocycles. The van der Waals surface area contributed by atoms with Crippen molar-refractivity contribution in [3.8, 4) is 23.0 Å². The first-order chi connectivity index (χ1) is 12.0. The van der Waals surface area contributed by atoms with Crippen LogP contribution in [0.1, 0.15) is 11.1 Å². The Bertz CT molecular complexity index is 1070. The van der Waals surface area contributed by atoms with E-state index in [9.17, 15) is 10.2 Å². The van der Waals surface area contributed by atoms with E-state index >= 15 is 0 Å². The van der Waals surface area contributed by atoms with Gasteiger partial charge in [0.25, 0.3) is 0 Å². The molecule has 1 heterocycles. The number of pyridine rings is 1. The van der Waals surface area contributed by atoms with Crippen LogP contribution in [0.2, 0.25) is 0 Å². The minimum Gasteiger partial charge on any atom is -0.507 e. The Morgan fingerprint density at radius 2 is 1.84 bits per heavy atom. The fourth-order valence-electron chi connectivity index (χ4n) is 2.76. The number of ether oxygens (including phenoxy) is 2. The van der Waals surface area contributed by atoms with Crippen LogP contribution >= 0.6 is 0 Å². The summed E-state index contributed by atoms with van der Waals surface area (Å²) in [5.41, 5.74) is 1.90. The van der Waals surface area contributed by atoms with Gasteiger partial charge in [0.05, 0.1) is 14.2 Å². The van der Waals surface area contributed by atoms with Gasteiger partial charge in [-0.2, -0.15) is 0 Å². The SMILES string of the molecule is C=c1c(O)c2ncc(C)cc2c(O)c1=Cc1cc(OC)ccc1OC. The van der Waals surface area contributed by atoms with Crippen molar-refractivity contribution in [2.45, 2.75) is 6.92 Å². The van der Waals surface area contributed by atoms with E-state index in [0.29, 0.717) is 38.4 Å². The van der Waals surface area contributed by atoms with Gasteiger partial charge < -0.3 is 19.7 Å². The van der Waals surface area contributed by atoms with Crippen LogP contribution in [0.15, 0.2) is 30.5 Å². The van der Waals surface area contributed by atoms with Crippen molar-refractivity contribution in [2.75, 3.05) is 14.2 Å². The summed E-state index contributed by atoms with van der Waals surface area (Å²) in [5.74, 6) is 1.22. The Labute approximate surface area is 145 Å². The van der Waals surface area contributed by atoms with E-state index < -0.39 is 0 Å². The molecule has 0 radical (unpaired) electrons. The standard InChI is InChI=1S/C20H19NO4/c1-11-7-16-18(21-10-11)19(22)12(2)15(20(16)23)9-13-8-14(24-3)5-6-17(13)25-4/h5-10,22-23H,2H2,1,3-4H3. The van der Waals surface area contributed by atoms with Gasteiger partial charge in [-0.15, -0.1) is 0 Å². The van der Waals surface area contributed by atoms with E-state index in [-0.39, 0.29) is 11.5 Å². The van der Waals surface area contributed by atoms with Gasteiger partial charge in [-0.3, -0.25) is 4.98 Å². The molecule has 0 bridgehead atoms. The number of rotatable bonds is 3. The van der Waals surface area contributed by atoms with Crippen LogP contribution < -0.4 is 19.9 Å². The number of aryl methyl sites for hydroxylation is 1. The number of nitrogens with zero attached hydrogens (tertiary/aromatic N) is 1. The Balaban J connectivity index is 2.40. The van der Waals surface area contributed by atoms with E-state index in [0.717, 1.165) is 5.56 Å². The summed E-state index contributed by atoms with van der Waals surface area (Å²) < 4.78 is 10.6. The van der Waals surface area contributed by atoms with Crippen molar-refractivity contribution in [2.24, 2.45) is 0 Å². The van der Waals surface area contributed by atoms with Gasteiger partial charge in [0.1, 0.15) is 28.5 Å². The van der Waals surface area contributed by atoms with Crippen molar-refractivity contribution < 1.29 is 19.7 Å². The zero-order valence-corrected chi connectivity index (χ0v) is 14.3. The smallest absolute Gasteiger partial charge is 0.149 e. The first-order valence-electron chi connectivity index (χ1n) is 7.69. The molecule has 128 valence electrons. The number of hydrogen-bond donors (Lipinski definition) is 2. The zero-order chi connectivity index (χ0) is 18.1. The Kier molecular flexibility index (Phi) is 4.23. The second kappa shape index (κ2) is 6.36. The molecule has 25 heavy (non-hydrogen) atoms. The molecular formula is C20H19NO4. The maximum absolute atomic E-state index is 10.7. The second-order valence-electron chi connectivity index (χ2n) is 5.75. The van der Waals surface area contributed by atoms with Crippen molar-refractivity contribution in [3.05, 3.63) is 52.0 Å². The van der Waals surface area contributed by atoms with Gasteiger partial charge in [-0.25, -0.2) is 0 Å². The zero-order valence-electron chi connectivity index (χ0n) is 14.3. The highest BCUT2D eigenvalue weighted by molar-refractivity contribution is 5.91.